The van der Waals surface area contributed by atoms with Crippen LogP contribution < -0.4 is 4.90 Å². The fraction of sp³-hybridized carbons (Fsp3) is 0.467. The van der Waals surface area contributed by atoms with E-state index in [9.17, 15) is 5.26 Å². The van der Waals surface area contributed by atoms with Crippen LogP contribution >= 0.6 is 0 Å². The van der Waals surface area contributed by atoms with Gasteiger partial charge in [-0.25, -0.2) is 0 Å². The predicted octanol–water partition coefficient (Wildman–Crippen LogP) is 1.98. The highest BCUT2D eigenvalue weighted by atomic mass is 15.2. The molecule has 0 spiro atoms. The van der Waals surface area contributed by atoms with Gasteiger partial charge in [-0.15, -0.1) is 0 Å². The molecule has 1 atom stereocenters. The third kappa shape index (κ3) is 3.05. The molecule has 0 aliphatic carbocycles. The summed E-state index contributed by atoms with van der Waals surface area (Å²) in [6.45, 7) is 2.80. The van der Waals surface area contributed by atoms with Crippen molar-refractivity contribution in [2.45, 2.75) is 18.9 Å². The quantitative estimate of drug-likeness (QED) is 0.810. The molecule has 0 amide bonds. The molecular formula is C15H18N4. The second-order valence-electron chi connectivity index (χ2n) is 4.95. The Hall–Kier alpha value is -2.04. The number of nitrogens with zero attached hydrogens (tertiary/aromatic N) is 4. The number of para-hydroxylation sites is 1. The van der Waals surface area contributed by atoms with Gasteiger partial charge in [-0.1, -0.05) is 12.1 Å². The zero-order chi connectivity index (χ0) is 13.7. The molecule has 0 bridgehead atoms. The summed E-state index contributed by atoms with van der Waals surface area (Å²) in [6, 6.07) is 12.3. The van der Waals surface area contributed by atoms with E-state index in [-0.39, 0.29) is 6.04 Å². The number of likely N-dealkylation sites (N-methyl/N-ethyl adjacent to an activating group) is 1. The minimum atomic E-state index is 0.159. The Morgan fingerprint density at radius 2 is 2.05 bits per heavy atom. The lowest BCUT2D eigenvalue weighted by Gasteiger charge is -2.32. The fourth-order valence-corrected chi connectivity index (χ4v) is 2.66. The Bertz CT molecular complexity index is 512. The van der Waals surface area contributed by atoms with Gasteiger partial charge in [0.25, 0.3) is 0 Å². The lowest BCUT2D eigenvalue weighted by atomic mass is 10.1. The van der Waals surface area contributed by atoms with Gasteiger partial charge in [0, 0.05) is 13.1 Å². The molecule has 1 aromatic rings. The largest absolute Gasteiger partial charge is 0.365 e. The maximum Gasteiger partial charge on any atom is 0.101 e. The maximum atomic E-state index is 9.24. The van der Waals surface area contributed by atoms with Gasteiger partial charge in [0.2, 0.25) is 0 Å². The summed E-state index contributed by atoms with van der Waals surface area (Å²) in [6.07, 6.45) is 1.54. The smallest absolute Gasteiger partial charge is 0.101 e. The van der Waals surface area contributed by atoms with Gasteiger partial charge >= 0.3 is 0 Å². The van der Waals surface area contributed by atoms with Crippen LogP contribution in [-0.2, 0) is 0 Å². The van der Waals surface area contributed by atoms with Crippen molar-refractivity contribution in [3.63, 3.8) is 0 Å². The topological polar surface area (TPSA) is 54.1 Å². The minimum Gasteiger partial charge on any atom is -0.365 e. The van der Waals surface area contributed by atoms with E-state index in [4.69, 9.17) is 5.26 Å². The van der Waals surface area contributed by atoms with Gasteiger partial charge in [0.05, 0.1) is 29.8 Å². The van der Waals surface area contributed by atoms with Crippen LogP contribution in [0, 0.1) is 22.7 Å². The Balaban J connectivity index is 2.34. The van der Waals surface area contributed by atoms with Gasteiger partial charge in [-0.3, -0.25) is 0 Å². The molecule has 1 fully saturated rings. The van der Waals surface area contributed by atoms with Crippen molar-refractivity contribution in [2.24, 2.45) is 0 Å². The lowest BCUT2D eigenvalue weighted by molar-refractivity contribution is 0.332. The zero-order valence-electron chi connectivity index (χ0n) is 11.2. The molecule has 1 unspecified atom stereocenters. The molecule has 1 aliphatic heterocycles. The molecule has 4 nitrogen and oxygen atoms in total. The third-order valence-corrected chi connectivity index (χ3v) is 3.56. The number of hydrogen-bond donors (Lipinski definition) is 0. The van der Waals surface area contributed by atoms with Crippen LogP contribution in [0.5, 0.6) is 0 Å². The first kappa shape index (κ1) is 13.4. The van der Waals surface area contributed by atoms with Gasteiger partial charge in [0.15, 0.2) is 0 Å². The van der Waals surface area contributed by atoms with Crippen LogP contribution in [0.3, 0.4) is 0 Å². The van der Waals surface area contributed by atoms with Crippen molar-refractivity contribution in [3.8, 4) is 12.1 Å². The Kier molecular flexibility index (Phi) is 4.39. The minimum absolute atomic E-state index is 0.159. The molecule has 2 rings (SSSR count). The second kappa shape index (κ2) is 6.22. The lowest BCUT2D eigenvalue weighted by Crippen LogP contribution is -2.40. The standard InChI is InChI=1S/C15H18N4/c1-18-9-4-10-19(14(12-18)7-8-16)15-6-3-2-5-13(15)11-17/h2-3,5-6,14H,4,7,9-10,12H2,1H3. The normalized spacial score (nSPS) is 20.4. The molecule has 4 heteroatoms. The highest BCUT2D eigenvalue weighted by Gasteiger charge is 2.24. The van der Waals surface area contributed by atoms with Crippen LogP contribution in [0.25, 0.3) is 0 Å². The van der Waals surface area contributed by atoms with Crippen molar-refractivity contribution < 1.29 is 0 Å². The average molecular weight is 254 g/mol. The van der Waals surface area contributed by atoms with Crippen molar-refractivity contribution in [1.82, 2.24) is 4.90 Å². The molecular weight excluding hydrogens is 236 g/mol. The molecule has 1 aromatic carbocycles. The number of benzene rings is 1. The van der Waals surface area contributed by atoms with Gasteiger partial charge in [-0.05, 0) is 32.1 Å². The molecule has 1 heterocycles. The van der Waals surface area contributed by atoms with Gasteiger partial charge in [0.1, 0.15) is 6.07 Å². The van der Waals surface area contributed by atoms with E-state index < -0.39 is 0 Å². The molecule has 98 valence electrons. The summed E-state index contributed by atoms with van der Waals surface area (Å²) in [4.78, 5) is 4.49. The van der Waals surface area contributed by atoms with Crippen LogP contribution in [0.2, 0.25) is 0 Å². The van der Waals surface area contributed by atoms with Gasteiger partial charge in [-0.2, -0.15) is 10.5 Å². The Morgan fingerprint density at radius 1 is 1.26 bits per heavy atom. The van der Waals surface area contributed by atoms with E-state index in [1.165, 1.54) is 0 Å². The van der Waals surface area contributed by atoms with E-state index in [2.05, 4.69) is 29.0 Å². The van der Waals surface area contributed by atoms with Crippen molar-refractivity contribution in [3.05, 3.63) is 29.8 Å². The predicted molar refractivity (Wildman–Crippen MR) is 74.6 cm³/mol. The molecule has 19 heavy (non-hydrogen) atoms. The Labute approximate surface area is 114 Å². The molecule has 0 aromatic heterocycles. The van der Waals surface area contributed by atoms with E-state index >= 15 is 0 Å². The summed E-state index contributed by atoms with van der Waals surface area (Å²) in [5.74, 6) is 0. The number of anilines is 1. The summed E-state index contributed by atoms with van der Waals surface area (Å²) in [7, 11) is 2.09. The SMILES string of the molecule is CN1CCCN(c2ccccc2C#N)C(CC#N)C1. The zero-order valence-corrected chi connectivity index (χ0v) is 11.2. The highest BCUT2D eigenvalue weighted by Crippen LogP contribution is 2.25. The van der Waals surface area contributed by atoms with E-state index in [1.807, 2.05) is 24.3 Å². The van der Waals surface area contributed by atoms with Crippen molar-refractivity contribution in [2.75, 3.05) is 31.6 Å². The van der Waals surface area contributed by atoms with Crippen LogP contribution in [0.1, 0.15) is 18.4 Å². The first-order valence-electron chi connectivity index (χ1n) is 6.57. The van der Waals surface area contributed by atoms with Crippen LogP contribution in [-0.4, -0.2) is 37.6 Å². The summed E-state index contributed by atoms with van der Waals surface area (Å²) in [5, 5.41) is 18.3. The molecule has 0 radical (unpaired) electrons. The van der Waals surface area contributed by atoms with E-state index in [0.29, 0.717) is 12.0 Å². The second-order valence-corrected chi connectivity index (χ2v) is 4.95. The highest BCUT2D eigenvalue weighted by molar-refractivity contribution is 5.60. The first-order chi connectivity index (χ1) is 9.26. The number of rotatable bonds is 2. The fourth-order valence-electron chi connectivity index (χ4n) is 2.66. The maximum absolute atomic E-state index is 9.24. The molecule has 1 saturated heterocycles. The molecule has 1 aliphatic rings. The van der Waals surface area contributed by atoms with Gasteiger partial charge < -0.3 is 9.80 Å². The van der Waals surface area contributed by atoms with E-state index in [1.54, 1.807) is 0 Å². The first-order valence-corrected chi connectivity index (χ1v) is 6.57. The van der Waals surface area contributed by atoms with E-state index in [0.717, 1.165) is 31.7 Å². The third-order valence-electron chi connectivity index (χ3n) is 3.56. The van der Waals surface area contributed by atoms with Crippen molar-refractivity contribution in [1.29, 1.82) is 10.5 Å². The summed E-state index contributed by atoms with van der Waals surface area (Å²) >= 11 is 0. The average Bonchev–Trinajstić information content (AvgIpc) is 2.60. The van der Waals surface area contributed by atoms with Crippen molar-refractivity contribution >= 4 is 5.69 Å². The monoisotopic (exact) mass is 254 g/mol. The summed E-state index contributed by atoms with van der Waals surface area (Å²) in [5.41, 5.74) is 1.65. The molecule has 0 N–H and O–H groups in total. The van der Waals surface area contributed by atoms with Crippen LogP contribution in [0.4, 0.5) is 5.69 Å². The number of hydrogen-bond acceptors (Lipinski definition) is 4. The Morgan fingerprint density at radius 3 is 2.79 bits per heavy atom. The summed E-state index contributed by atoms with van der Waals surface area (Å²) < 4.78 is 0. The number of nitriles is 2. The molecule has 0 saturated carbocycles. The van der Waals surface area contributed by atoms with Crippen LogP contribution in [0.15, 0.2) is 24.3 Å².